The van der Waals surface area contributed by atoms with Gasteiger partial charge < -0.3 is 14.8 Å². The highest BCUT2D eigenvalue weighted by atomic mass is 16.6. The summed E-state index contributed by atoms with van der Waals surface area (Å²) >= 11 is 0. The molecular weight excluding hydrogens is 398 g/mol. The summed E-state index contributed by atoms with van der Waals surface area (Å²) in [5, 5.41) is 2.67. The van der Waals surface area contributed by atoms with Crippen molar-refractivity contribution in [2.24, 2.45) is 0 Å². The van der Waals surface area contributed by atoms with Crippen molar-refractivity contribution < 1.29 is 23.9 Å². The fraction of sp³-hybridized carbons (Fsp3) is 0.348. The summed E-state index contributed by atoms with van der Waals surface area (Å²) < 4.78 is 10.9. The number of nitrogens with one attached hydrogen (secondary N) is 1. The molecule has 8 nitrogen and oxygen atoms in total. The quantitative estimate of drug-likeness (QED) is 0.798. The molecule has 0 saturated carbocycles. The molecule has 1 N–H and O–H groups in total. The van der Waals surface area contributed by atoms with Crippen LogP contribution in [0.15, 0.2) is 48.5 Å². The molecule has 0 aliphatic carbocycles. The maximum atomic E-state index is 12.7. The van der Waals surface area contributed by atoms with Gasteiger partial charge in [0, 0.05) is 18.7 Å². The van der Waals surface area contributed by atoms with E-state index < -0.39 is 12.2 Å². The van der Waals surface area contributed by atoms with Crippen LogP contribution >= 0.6 is 0 Å². The van der Waals surface area contributed by atoms with Gasteiger partial charge in [0.05, 0.1) is 18.8 Å². The number of carbonyl (C=O) groups excluding carboxylic acids is 3. The topological polar surface area (TPSA) is 88.2 Å². The molecule has 2 aromatic carbocycles. The molecule has 162 valence electrons. The minimum atomic E-state index is -0.444. The third kappa shape index (κ3) is 4.47. The number of fused-ring (bicyclic) bond motifs is 1. The summed E-state index contributed by atoms with van der Waals surface area (Å²) in [7, 11) is 0. The van der Waals surface area contributed by atoms with Gasteiger partial charge in [-0.25, -0.2) is 9.59 Å². The van der Waals surface area contributed by atoms with Crippen LogP contribution < -0.4 is 15.1 Å². The highest BCUT2D eigenvalue weighted by Gasteiger charge is 2.36. The van der Waals surface area contributed by atoms with E-state index in [1.54, 1.807) is 15.9 Å². The first kappa shape index (κ1) is 20.7. The molecule has 1 fully saturated rings. The number of nitrogens with zero attached hydrogens (tertiary/aromatic N) is 2. The number of anilines is 2. The van der Waals surface area contributed by atoms with E-state index in [-0.39, 0.29) is 31.2 Å². The number of carbonyl (C=O) groups is 3. The predicted molar refractivity (Wildman–Crippen MR) is 115 cm³/mol. The van der Waals surface area contributed by atoms with Gasteiger partial charge in [0.2, 0.25) is 5.91 Å². The number of rotatable bonds is 5. The Kier molecular flexibility index (Phi) is 5.79. The van der Waals surface area contributed by atoms with Crippen LogP contribution in [0.1, 0.15) is 25.0 Å². The first-order valence-electron chi connectivity index (χ1n) is 10.3. The van der Waals surface area contributed by atoms with Crippen molar-refractivity contribution in [1.29, 1.82) is 0 Å². The first-order valence-corrected chi connectivity index (χ1v) is 10.3. The zero-order valence-corrected chi connectivity index (χ0v) is 17.5. The van der Waals surface area contributed by atoms with E-state index in [2.05, 4.69) is 5.32 Å². The van der Waals surface area contributed by atoms with E-state index in [1.807, 2.05) is 49.4 Å². The van der Waals surface area contributed by atoms with Gasteiger partial charge in [0.15, 0.2) is 0 Å². The second-order valence-corrected chi connectivity index (χ2v) is 7.83. The van der Waals surface area contributed by atoms with Crippen molar-refractivity contribution in [2.45, 2.75) is 39.0 Å². The molecule has 2 atom stereocenters. The summed E-state index contributed by atoms with van der Waals surface area (Å²) in [6.45, 7) is 4.24. The lowest BCUT2D eigenvalue weighted by molar-refractivity contribution is -0.119. The number of benzene rings is 2. The Hall–Kier alpha value is -3.55. The van der Waals surface area contributed by atoms with Gasteiger partial charge in [-0.2, -0.15) is 0 Å². The Morgan fingerprint density at radius 2 is 1.97 bits per heavy atom. The molecule has 2 heterocycles. The second kappa shape index (κ2) is 8.67. The molecule has 3 amide bonds. The van der Waals surface area contributed by atoms with Crippen LogP contribution in [0.3, 0.4) is 0 Å². The monoisotopic (exact) mass is 423 g/mol. The van der Waals surface area contributed by atoms with E-state index in [0.29, 0.717) is 18.7 Å². The average Bonchev–Trinajstić information content (AvgIpc) is 3.29. The SMILES string of the molecule is CC(=O)NC[C@H]1CN(c2ccc3c(c2)CC(C)N3C(=O)OCc2ccccc2)C(=O)O1. The Balaban J connectivity index is 1.44. The third-order valence-corrected chi connectivity index (χ3v) is 5.44. The Bertz CT molecular complexity index is 994. The van der Waals surface area contributed by atoms with E-state index in [9.17, 15) is 14.4 Å². The minimum absolute atomic E-state index is 0.0495. The van der Waals surface area contributed by atoms with Gasteiger partial charge >= 0.3 is 12.2 Å². The number of cyclic esters (lactones) is 1. The summed E-state index contributed by atoms with van der Waals surface area (Å²) in [5.74, 6) is -0.166. The summed E-state index contributed by atoms with van der Waals surface area (Å²) in [5.41, 5.74) is 3.40. The largest absolute Gasteiger partial charge is 0.444 e. The van der Waals surface area contributed by atoms with E-state index in [4.69, 9.17) is 9.47 Å². The molecule has 0 spiro atoms. The van der Waals surface area contributed by atoms with Crippen molar-refractivity contribution >= 4 is 29.5 Å². The van der Waals surface area contributed by atoms with Crippen molar-refractivity contribution in [2.75, 3.05) is 22.9 Å². The zero-order valence-electron chi connectivity index (χ0n) is 17.5. The van der Waals surface area contributed by atoms with Crippen molar-refractivity contribution in [3.63, 3.8) is 0 Å². The van der Waals surface area contributed by atoms with Crippen molar-refractivity contribution in [1.82, 2.24) is 5.32 Å². The lowest BCUT2D eigenvalue weighted by atomic mass is 10.1. The van der Waals surface area contributed by atoms with Crippen LogP contribution in [0.25, 0.3) is 0 Å². The van der Waals surface area contributed by atoms with Crippen molar-refractivity contribution in [3.8, 4) is 0 Å². The Labute approximate surface area is 180 Å². The molecule has 0 aromatic heterocycles. The fourth-order valence-corrected chi connectivity index (χ4v) is 3.95. The van der Waals surface area contributed by atoms with Crippen molar-refractivity contribution in [3.05, 3.63) is 59.7 Å². The normalized spacial score (nSPS) is 19.7. The van der Waals surface area contributed by atoms with Crippen LogP contribution in [-0.2, 0) is 27.3 Å². The van der Waals surface area contributed by atoms with E-state index in [0.717, 1.165) is 16.8 Å². The maximum Gasteiger partial charge on any atom is 0.414 e. The molecule has 1 saturated heterocycles. The molecule has 4 rings (SSSR count). The van der Waals surface area contributed by atoms with Crippen LogP contribution in [0.5, 0.6) is 0 Å². The predicted octanol–water partition coefficient (Wildman–Crippen LogP) is 3.24. The molecule has 0 bridgehead atoms. The van der Waals surface area contributed by atoms with Gasteiger partial charge in [-0.1, -0.05) is 30.3 Å². The first-order chi connectivity index (χ1) is 14.9. The molecule has 8 heteroatoms. The number of hydrogen-bond acceptors (Lipinski definition) is 5. The molecule has 2 aliphatic heterocycles. The molecule has 2 aliphatic rings. The zero-order chi connectivity index (χ0) is 22.0. The van der Waals surface area contributed by atoms with Gasteiger partial charge in [-0.15, -0.1) is 0 Å². The molecule has 0 radical (unpaired) electrons. The summed E-state index contributed by atoms with van der Waals surface area (Å²) in [4.78, 5) is 39.3. The smallest absolute Gasteiger partial charge is 0.414 e. The number of hydrogen-bond donors (Lipinski definition) is 1. The number of amides is 3. The summed E-state index contributed by atoms with van der Waals surface area (Å²) in [6.07, 6.45) is -0.561. The van der Waals surface area contributed by atoms with Crippen LogP contribution in [-0.4, -0.2) is 43.3 Å². The lowest BCUT2D eigenvalue weighted by Crippen LogP contribution is -2.36. The van der Waals surface area contributed by atoms with Crippen LogP contribution in [0.2, 0.25) is 0 Å². The fourth-order valence-electron chi connectivity index (χ4n) is 3.95. The molecule has 2 aromatic rings. The van der Waals surface area contributed by atoms with Gasteiger partial charge in [-0.3, -0.25) is 14.6 Å². The van der Waals surface area contributed by atoms with Crippen LogP contribution in [0.4, 0.5) is 21.0 Å². The Morgan fingerprint density at radius 3 is 2.71 bits per heavy atom. The average molecular weight is 423 g/mol. The standard InChI is InChI=1S/C23H25N3O5/c1-15-10-18-11-19(25-13-20(31-22(25)28)12-24-16(2)27)8-9-21(18)26(15)23(29)30-14-17-6-4-3-5-7-17/h3-9,11,15,20H,10,12-14H2,1-2H3,(H,24,27)/t15?,20-/m0/s1. The highest BCUT2D eigenvalue weighted by Crippen LogP contribution is 2.36. The summed E-state index contributed by atoms with van der Waals surface area (Å²) in [6, 6.07) is 15.1. The minimum Gasteiger partial charge on any atom is -0.444 e. The van der Waals surface area contributed by atoms with Gasteiger partial charge in [-0.05, 0) is 42.7 Å². The molecule has 31 heavy (non-hydrogen) atoms. The highest BCUT2D eigenvalue weighted by molar-refractivity contribution is 5.94. The third-order valence-electron chi connectivity index (χ3n) is 5.44. The molecular formula is C23H25N3O5. The Morgan fingerprint density at radius 1 is 1.19 bits per heavy atom. The van der Waals surface area contributed by atoms with Crippen LogP contribution in [0, 0.1) is 0 Å². The van der Waals surface area contributed by atoms with E-state index in [1.165, 1.54) is 6.92 Å². The van der Waals surface area contributed by atoms with E-state index >= 15 is 0 Å². The maximum absolute atomic E-state index is 12.7. The number of ether oxygens (including phenoxy) is 2. The molecule has 1 unspecified atom stereocenters. The lowest BCUT2D eigenvalue weighted by Gasteiger charge is -2.22. The second-order valence-electron chi connectivity index (χ2n) is 7.83. The van der Waals surface area contributed by atoms with Gasteiger partial charge in [0.25, 0.3) is 0 Å². The van der Waals surface area contributed by atoms with Gasteiger partial charge in [0.1, 0.15) is 12.7 Å².